The standard InChI is InChI=1S/C24H24ClN3O2S/c1-15-4-6-16(7-5-15)22-27-20-12-24(2,3)30-13-19(20)23(28-22)31-14-21(29)26-18-10-8-17(25)9-11-18/h4-11H,12-14H2,1-3H3,(H,26,29). The van der Waals surface area contributed by atoms with E-state index in [9.17, 15) is 4.79 Å². The molecule has 0 radical (unpaired) electrons. The van der Waals surface area contributed by atoms with Crippen molar-refractivity contribution in [3.05, 3.63) is 70.4 Å². The van der Waals surface area contributed by atoms with E-state index in [0.717, 1.165) is 21.8 Å². The molecule has 0 fully saturated rings. The second-order valence-electron chi connectivity index (χ2n) is 8.21. The van der Waals surface area contributed by atoms with Gasteiger partial charge in [-0.1, -0.05) is 53.2 Å². The fraction of sp³-hybridized carbons (Fsp3) is 0.292. The monoisotopic (exact) mass is 453 g/mol. The van der Waals surface area contributed by atoms with Crippen molar-refractivity contribution in [3.8, 4) is 11.4 Å². The number of carbonyl (C=O) groups excluding carboxylic acids is 1. The number of nitrogens with zero attached hydrogens (tertiary/aromatic N) is 2. The van der Waals surface area contributed by atoms with Crippen LogP contribution >= 0.6 is 23.4 Å². The SMILES string of the molecule is Cc1ccc(-c2nc3c(c(SCC(=O)Nc4ccc(Cl)cc4)n2)COC(C)(C)C3)cc1. The van der Waals surface area contributed by atoms with E-state index in [1.807, 2.05) is 12.1 Å². The van der Waals surface area contributed by atoms with E-state index in [2.05, 4.69) is 38.2 Å². The lowest BCUT2D eigenvalue weighted by Crippen LogP contribution is -2.33. The number of rotatable bonds is 5. The summed E-state index contributed by atoms with van der Waals surface area (Å²) in [6, 6.07) is 15.2. The average molecular weight is 454 g/mol. The van der Waals surface area contributed by atoms with E-state index in [-0.39, 0.29) is 17.3 Å². The maximum absolute atomic E-state index is 12.5. The first kappa shape index (κ1) is 21.8. The van der Waals surface area contributed by atoms with Crippen molar-refractivity contribution >= 4 is 35.0 Å². The molecule has 0 spiro atoms. The van der Waals surface area contributed by atoms with Gasteiger partial charge in [-0.2, -0.15) is 0 Å². The van der Waals surface area contributed by atoms with E-state index >= 15 is 0 Å². The van der Waals surface area contributed by atoms with Gasteiger partial charge in [0.1, 0.15) is 5.03 Å². The molecular formula is C24H24ClN3O2S. The van der Waals surface area contributed by atoms with Crippen LogP contribution in [-0.4, -0.2) is 27.2 Å². The van der Waals surface area contributed by atoms with Crippen molar-refractivity contribution in [1.29, 1.82) is 0 Å². The predicted octanol–water partition coefficient (Wildman–Crippen LogP) is 5.69. The zero-order valence-corrected chi connectivity index (χ0v) is 19.3. The van der Waals surface area contributed by atoms with Crippen LogP contribution in [0.25, 0.3) is 11.4 Å². The van der Waals surface area contributed by atoms with E-state index in [1.54, 1.807) is 24.3 Å². The Bertz CT molecular complexity index is 1100. The Hall–Kier alpha value is -2.41. The molecule has 1 aliphatic rings. The van der Waals surface area contributed by atoms with Crippen LogP contribution in [0.5, 0.6) is 0 Å². The third kappa shape index (κ3) is 5.45. The summed E-state index contributed by atoms with van der Waals surface area (Å²) in [5.74, 6) is 0.814. The largest absolute Gasteiger partial charge is 0.370 e. The summed E-state index contributed by atoms with van der Waals surface area (Å²) in [5.41, 5.74) is 4.54. The van der Waals surface area contributed by atoms with Crippen molar-refractivity contribution in [2.75, 3.05) is 11.1 Å². The predicted molar refractivity (Wildman–Crippen MR) is 126 cm³/mol. The quantitative estimate of drug-likeness (QED) is 0.397. The number of aryl methyl sites for hydroxylation is 1. The minimum Gasteiger partial charge on any atom is -0.370 e. The Labute approximate surface area is 191 Å². The zero-order valence-electron chi connectivity index (χ0n) is 17.7. The molecule has 0 atom stereocenters. The average Bonchev–Trinajstić information content (AvgIpc) is 2.73. The van der Waals surface area contributed by atoms with Crippen LogP contribution in [-0.2, 0) is 22.6 Å². The molecular weight excluding hydrogens is 430 g/mol. The number of hydrogen-bond acceptors (Lipinski definition) is 5. The smallest absolute Gasteiger partial charge is 0.234 e. The summed E-state index contributed by atoms with van der Waals surface area (Å²) < 4.78 is 6.00. The van der Waals surface area contributed by atoms with Crippen LogP contribution in [0.4, 0.5) is 5.69 Å². The van der Waals surface area contributed by atoms with Crippen molar-refractivity contribution < 1.29 is 9.53 Å². The number of carbonyl (C=O) groups is 1. The third-order valence-electron chi connectivity index (χ3n) is 5.03. The number of aromatic nitrogens is 2. The lowest BCUT2D eigenvalue weighted by Gasteiger charge is -2.32. The molecule has 0 saturated carbocycles. The van der Waals surface area contributed by atoms with Crippen LogP contribution in [0, 0.1) is 6.92 Å². The molecule has 0 bridgehead atoms. The van der Waals surface area contributed by atoms with Crippen LogP contribution < -0.4 is 5.32 Å². The van der Waals surface area contributed by atoms with Gasteiger partial charge in [0, 0.05) is 28.3 Å². The number of halogens is 1. The molecule has 1 aromatic heterocycles. The van der Waals surface area contributed by atoms with Gasteiger partial charge < -0.3 is 10.1 Å². The van der Waals surface area contributed by atoms with Crippen molar-refractivity contribution in [3.63, 3.8) is 0 Å². The Kier molecular flexibility index (Phi) is 6.32. The first-order chi connectivity index (χ1) is 14.8. The highest BCUT2D eigenvalue weighted by Crippen LogP contribution is 2.34. The summed E-state index contributed by atoms with van der Waals surface area (Å²) in [5, 5.41) is 4.32. The molecule has 0 unspecified atom stereocenters. The number of amides is 1. The summed E-state index contributed by atoms with van der Waals surface area (Å²) in [7, 11) is 0. The molecule has 160 valence electrons. The van der Waals surface area contributed by atoms with Gasteiger partial charge in [0.15, 0.2) is 5.82 Å². The highest BCUT2D eigenvalue weighted by atomic mass is 35.5. The summed E-state index contributed by atoms with van der Waals surface area (Å²) in [6.07, 6.45) is 0.703. The van der Waals surface area contributed by atoms with Crippen LogP contribution in [0.2, 0.25) is 5.02 Å². The molecule has 2 heterocycles. The fourth-order valence-electron chi connectivity index (χ4n) is 3.34. The summed E-state index contributed by atoms with van der Waals surface area (Å²) in [4.78, 5) is 22.1. The summed E-state index contributed by atoms with van der Waals surface area (Å²) >= 11 is 7.32. The van der Waals surface area contributed by atoms with Gasteiger partial charge >= 0.3 is 0 Å². The van der Waals surface area contributed by atoms with Crippen molar-refractivity contribution in [1.82, 2.24) is 9.97 Å². The molecule has 0 aliphatic carbocycles. The number of anilines is 1. The Morgan fingerprint density at radius 1 is 1.13 bits per heavy atom. The van der Waals surface area contributed by atoms with Crippen LogP contribution in [0.3, 0.4) is 0 Å². The molecule has 3 aromatic rings. The van der Waals surface area contributed by atoms with Crippen molar-refractivity contribution in [2.45, 2.75) is 44.4 Å². The number of hydrogen-bond donors (Lipinski definition) is 1. The van der Waals surface area contributed by atoms with Crippen molar-refractivity contribution in [2.24, 2.45) is 0 Å². The van der Waals surface area contributed by atoms with Gasteiger partial charge in [-0.15, -0.1) is 0 Å². The van der Waals surface area contributed by atoms with Gasteiger partial charge in [0.25, 0.3) is 0 Å². The molecule has 31 heavy (non-hydrogen) atoms. The van der Waals surface area contributed by atoms with Gasteiger partial charge in [0.2, 0.25) is 5.91 Å². The second-order valence-corrected chi connectivity index (χ2v) is 9.61. The molecule has 7 heteroatoms. The molecule has 2 aromatic carbocycles. The highest BCUT2D eigenvalue weighted by Gasteiger charge is 2.30. The fourth-order valence-corrected chi connectivity index (χ4v) is 4.30. The molecule has 0 saturated heterocycles. The summed E-state index contributed by atoms with van der Waals surface area (Å²) in [6.45, 7) is 6.63. The molecule has 5 nitrogen and oxygen atoms in total. The van der Waals surface area contributed by atoms with Gasteiger partial charge in [-0.25, -0.2) is 9.97 Å². The number of benzene rings is 2. The number of fused-ring (bicyclic) bond motifs is 1. The topological polar surface area (TPSA) is 64.1 Å². The number of ether oxygens (including phenoxy) is 1. The Balaban J connectivity index is 1.58. The number of nitrogens with one attached hydrogen (secondary N) is 1. The maximum Gasteiger partial charge on any atom is 0.234 e. The van der Waals surface area contributed by atoms with E-state index in [0.29, 0.717) is 29.6 Å². The third-order valence-corrected chi connectivity index (χ3v) is 6.30. The number of thioether (sulfide) groups is 1. The van der Waals surface area contributed by atoms with E-state index in [4.69, 9.17) is 26.3 Å². The Morgan fingerprint density at radius 2 is 1.84 bits per heavy atom. The van der Waals surface area contributed by atoms with E-state index < -0.39 is 0 Å². The van der Waals surface area contributed by atoms with Gasteiger partial charge in [-0.3, -0.25) is 4.79 Å². The zero-order chi connectivity index (χ0) is 22.0. The maximum atomic E-state index is 12.5. The lowest BCUT2D eigenvalue weighted by molar-refractivity contribution is -0.113. The second kappa shape index (κ2) is 8.99. The molecule has 1 amide bonds. The lowest BCUT2D eigenvalue weighted by atomic mass is 9.96. The first-order valence-electron chi connectivity index (χ1n) is 10.1. The molecule has 1 aliphatic heterocycles. The van der Waals surface area contributed by atoms with Gasteiger partial charge in [-0.05, 0) is 45.0 Å². The van der Waals surface area contributed by atoms with Crippen LogP contribution in [0.15, 0.2) is 53.6 Å². The Morgan fingerprint density at radius 3 is 2.55 bits per heavy atom. The highest BCUT2D eigenvalue weighted by molar-refractivity contribution is 8.00. The normalized spacial score (nSPS) is 14.7. The minimum absolute atomic E-state index is 0.103. The van der Waals surface area contributed by atoms with Gasteiger partial charge in [0.05, 0.1) is 23.7 Å². The first-order valence-corrected chi connectivity index (χ1v) is 11.4. The van der Waals surface area contributed by atoms with Crippen LogP contribution in [0.1, 0.15) is 30.7 Å². The van der Waals surface area contributed by atoms with E-state index in [1.165, 1.54) is 17.3 Å². The molecule has 4 rings (SSSR count). The minimum atomic E-state index is -0.278. The molecule has 1 N–H and O–H groups in total.